The van der Waals surface area contributed by atoms with E-state index in [1.807, 2.05) is 0 Å². The van der Waals surface area contributed by atoms with Crippen LogP contribution in [0.5, 0.6) is 23.0 Å². The number of rotatable bonds is 6. The molecule has 0 heterocycles. The van der Waals surface area contributed by atoms with Gasteiger partial charge in [0.05, 0.1) is 0 Å². The molecule has 4 nitrogen and oxygen atoms in total. The average Bonchev–Trinajstić information content (AvgIpc) is 2.48. The summed E-state index contributed by atoms with van der Waals surface area (Å²) >= 11 is 0. The molecule has 0 atom stereocenters. The molecule has 0 N–H and O–H groups in total. The van der Waals surface area contributed by atoms with Gasteiger partial charge in [-0.25, -0.2) is 17.6 Å². The number of hydrogen-bond donors (Lipinski definition) is 0. The fraction of sp³-hybridized carbons (Fsp3) is 0.143. The van der Waals surface area contributed by atoms with E-state index in [2.05, 4.69) is 18.8 Å². The van der Waals surface area contributed by atoms with Gasteiger partial charge in [-0.3, -0.25) is 0 Å². The van der Waals surface area contributed by atoms with E-state index in [0.717, 1.165) is 0 Å². The molecular formula is C14H5BF10O4. The number of ether oxygens (including phenoxy) is 2. The van der Waals surface area contributed by atoms with E-state index in [4.69, 9.17) is 0 Å². The predicted octanol–water partition coefficient (Wildman–Crippen LogP) is 4.76. The standard InChI is InChI=1S/C14H5BF10O4/c16-7-1-5(26-13(20,21)22)2-8(17)11(7)28-15-29-12-9(18)3-6(4-10(12)19)27-14(23,24)25/h1-4,15H. The quantitative estimate of drug-likeness (QED) is 0.482. The lowest BCUT2D eigenvalue weighted by Gasteiger charge is -2.14. The van der Waals surface area contributed by atoms with E-state index < -0.39 is 66.7 Å². The highest BCUT2D eigenvalue weighted by atomic mass is 19.4. The zero-order chi connectivity index (χ0) is 22.0. The summed E-state index contributed by atoms with van der Waals surface area (Å²) in [6.07, 6.45) is -10.4. The Kier molecular flexibility index (Phi) is 6.28. The summed E-state index contributed by atoms with van der Waals surface area (Å²) in [6, 6.07) is 0.485. The fourth-order valence-electron chi connectivity index (χ4n) is 1.88. The minimum atomic E-state index is -5.22. The average molecular weight is 438 g/mol. The van der Waals surface area contributed by atoms with Crippen LogP contribution in [0.25, 0.3) is 0 Å². The van der Waals surface area contributed by atoms with E-state index in [1.54, 1.807) is 0 Å². The number of hydrogen-bond acceptors (Lipinski definition) is 4. The van der Waals surface area contributed by atoms with Crippen LogP contribution in [0.4, 0.5) is 43.9 Å². The van der Waals surface area contributed by atoms with E-state index >= 15 is 0 Å². The first kappa shape index (κ1) is 22.3. The minimum Gasteiger partial charge on any atom is -0.524 e. The third kappa shape index (κ3) is 6.53. The van der Waals surface area contributed by atoms with Crippen molar-refractivity contribution in [3.05, 3.63) is 47.5 Å². The predicted molar refractivity (Wildman–Crippen MR) is 74.5 cm³/mol. The van der Waals surface area contributed by atoms with Gasteiger partial charge in [0, 0.05) is 24.3 Å². The Bertz CT molecular complexity index is 766. The normalized spacial score (nSPS) is 11.8. The molecule has 0 spiro atoms. The van der Waals surface area contributed by atoms with Crippen molar-refractivity contribution in [2.24, 2.45) is 0 Å². The van der Waals surface area contributed by atoms with Crippen molar-refractivity contribution in [2.75, 3.05) is 0 Å². The maximum absolute atomic E-state index is 13.6. The molecule has 2 aromatic carbocycles. The molecule has 2 rings (SSSR count). The number of benzene rings is 2. The van der Waals surface area contributed by atoms with Gasteiger partial charge in [-0.15, -0.1) is 26.3 Å². The summed E-state index contributed by atoms with van der Waals surface area (Å²) in [4.78, 5) is 0. The van der Waals surface area contributed by atoms with E-state index in [9.17, 15) is 43.9 Å². The SMILES string of the molecule is Fc1cc(OC(F)(F)F)cc(F)c1OBOc1c(F)cc(OC(F)(F)F)cc1F. The zero-order valence-corrected chi connectivity index (χ0v) is 13.4. The Morgan fingerprint density at radius 2 is 0.828 bits per heavy atom. The van der Waals surface area contributed by atoms with Gasteiger partial charge >= 0.3 is 20.4 Å². The number of alkyl halides is 6. The molecule has 0 radical (unpaired) electrons. The molecule has 15 heteroatoms. The van der Waals surface area contributed by atoms with Crippen LogP contribution < -0.4 is 18.8 Å². The van der Waals surface area contributed by atoms with Crippen molar-refractivity contribution >= 4 is 7.69 Å². The van der Waals surface area contributed by atoms with Crippen LogP contribution >= 0.6 is 0 Å². The lowest BCUT2D eigenvalue weighted by atomic mass is 10.2. The van der Waals surface area contributed by atoms with E-state index in [0.29, 0.717) is 0 Å². The fourth-order valence-corrected chi connectivity index (χ4v) is 1.88. The van der Waals surface area contributed by atoms with E-state index in [1.165, 1.54) is 0 Å². The van der Waals surface area contributed by atoms with Gasteiger partial charge < -0.3 is 18.8 Å². The summed E-state index contributed by atoms with van der Waals surface area (Å²) in [5, 5.41) is 0. The molecule has 0 amide bonds. The Morgan fingerprint density at radius 1 is 0.552 bits per heavy atom. The molecule has 158 valence electrons. The van der Waals surface area contributed by atoms with Gasteiger partial charge in [-0.2, -0.15) is 0 Å². The first-order valence-corrected chi connectivity index (χ1v) is 7.00. The van der Waals surface area contributed by atoms with Crippen LogP contribution in [-0.4, -0.2) is 20.4 Å². The van der Waals surface area contributed by atoms with Crippen molar-refractivity contribution < 1.29 is 62.7 Å². The van der Waals surface area contributed by atoms with Crippen molar-refractivity contribution in [3.63, 3.8) is 0 Å². The highest BCUT2D eigenvalue weighted by Gasteiger charge is 2.33. The van der Waals surface area contributed by atoms with E-state index in [-0.39, 0.29) is 24.3 Å². The Balaban J connectivity index is 2.08. The lowest BCUT2D eigenvalue weighted by molar-refractivity contribution is -0.275. The summed E-state index contributed by atoms with van der Waals surface area (Å²) in [6.45, 7) is 0. The van der Waals surface area contributed by atoms with Gasteiger partial charge in [0.1, 0.15) is 11.5 Å². The lowest BCUT2D eigenvalue weighted by Crippen LogP contribution is -2.18. The third-order valence-electron chi connectivity index (χ3n) is 2.82. The maximum atomic E-state index is 13.6. The maximum Gasteiger partial charge on any atom is 0.576 e. The molecular weight excluding hydrogens is 433 g/mol. The van der Waals surface area contributed by atoms with Gasteiger partial charge in [-0.05, 0) is 0 Å². The molecule has 0 aliphatic heterocycles. The second kappa shape index (κ2) is 8.17. The summed E-state index contributed by atoms with van der Waals surface area (Å²) in [7, 11) is -1.26. The summed E-state index contributed by atoms with van der Waals surface area (Å²) in [5.74, 6) is -11.7. The molecule has 0 fully saturated rings. The smallest absolute Gasteiger partial charge is 0.524 e. The molecule has 2 aromatic rings. The van der Waals surface area contributed by atoms with Gasteiger partial charge in [0.15, 0.2) is 34.8 Å². The molecule has 0 aliphatic rings. The first-order chi connectivity index (χ1) is 13.2. The van der Waals surface area contributed by atoms with Gasteiger partial charge in [0.2, 0.25) is 0 Å². The topological polar surface area (TPSA) is 36.9 Å². The molecule has 0 aromatic heterocycles. The molecule has 29 heavy (non-hydrogen) atoms. The van der Waals surface area contributed by atoms with Crippen LogP contribution in [-0.2, 0) is 0 Å². The second-order valence-corrected chi connectivity index (χ2v) is 4.93. The Morgan fingerprint density at radius 3 is 1.07 bits per heavy atom. The molecule has 0 unspecified atom stereocenters. The van der Waals surface area contributed by atoms with Crippen molar-refractivity contribution in [3.8, 4) is 23.0 Å². The van der Waals surface area contributed by atoms with Crippen molar-refractivity contribution in [2.45, 2.75) is 12.7 Å². The van der Waals surface area contributed by atoms with Gasteiger partial charge in [0.25, 0.3) is 0 Å². The van der Waals surface area contributed by atoms with Crippen LogP contribution in [0.2, 0.25) is 0 Å². The first-order valence-electron chi connectivity index (χ1n) is 7.00. The summed E-state index contributed by atoms with van der Waals surface area (Å²) in [5.41, 5.74) is 0. The summed E-state index contributed by atoms with van der Waals surface area (Å²) < 4.78 is 142. The molecule has 0 saturated heterocycles. The van der Waals surface area contributed by atoms with Crippen LogP contribution in [0.15, 0.2) is 24.3 Å². The number of halogens is 10. The highest BCUT2D eigenvalue weighted by molar-refractivity contribution is 6.20. The van der Waals surface area contributed by atoms with Crippen molar-refractivity contribution in [1.82, 2.24) is 0 Å². The van der Waals surface area contributed by atoms with Crippen molar-refractivity contribution in [1.29, 1.82) is 0 Å². The third-order valence-corrected chi connectivity index (χ3v) is 2.82. The second-order valence-electron chi connectivity index (χ2n) is 4.93. The Hall–Kier alpha value is -3.00. The van der Waals surface area contributed by atoms with Crippen LogP contribution in [0, 0.1) is 23.3 Å². The molecule has 0 aliphatic carbocycles. The molecule has 0 saturated carbocycles. The van der Waals surface area contributed by atoms with Gasteiger partial charge in [-0.1, -0.05) is 0 Å². The Labute approximate surface area is 154 Å². The monoisotopic (exact) mass is 438 g/mol. The van der Waals surface area contributed by atoms with Crippen LogP contribution in [0.3, 0.4) is 0 Å². The van der Waals surface area contributed by atoms with Crippen LogP contribution in [0.1, 0.15) is 0 Å². The zero-order valence-electron chi connectivity index (χ0n) is 13.4. The largest absolute Gasteiger partial charge is 0.576 e. The minimum absolute atomic E-state index is 0.121. The highest BCUT2D eigenvalue weighted by Crippen LogP contribution is 2.32. The molecule has 0 bridgehead atoms.